The number of thioether (sulfide) groups is 1. The number of nitrogens with zero attached hydrogens (tertiary/aromatic N) is 2. The topological polar surface area (TPSA) is 122 Å². The maximum Gasteiger partial charge on any atom is 0.414 e. The lowest BCUT2D eigenvalue weighted by Gasteiger charge is -2.24. The van der Waals surface area contributed by atoms with E-state index in [0.29, 0.717) is 6.61 Å². The van der Waals surface area contributed by atoms with Gasteiger partial charge in [-0.25, -0.2) is 14.6 Å². The Morgan fingerprint density at radius 1 is 0.850 bits per heavy atom. The van der Waals surface area contributed by atoms with E-state index in [2.05, 4.69) is 9.88 Å². The zero-order valence-electron chi connectivity index (χ0n) is 22.7. The highest BCUT2D eigenvalue weighted by molar-refractivity contribution is 7.98. The van der Waals surface area contributed by atoms with E-state index in [1.54, 1.807) is 18.0 Å². The van der Waals surface area contributed by atoms with Crippen molar-refractivity contribution < 1.29 is 33.7 Å². The molecule has 1 aromatic heterocycles. The second-order valence-corrected chi connectivity index (χ2v) is 10.4. The highest BCUT2D eigenvalue weighted by atomic mass is 32.2. The van der Waals surface area contributed by atoms with Crippen LogP contribution in [0.1, 0.15) is 44.4 Å². The second kappa shape index (κ2) is 18.0. The van der Waals surface area contributed by atoms with Gasteiger partial charge in [0.05, 0.1) is 25.2 Å². The summed E-state index contributed by atoms with van der Waals surface area (Å²) in [4.78, 5) is 25.2. The first-order valence-electron chi connectivity index (χ1n) is 13.6. The van der Waals surface area contributed by atoms with Gasteiger partial charge in [-0.3, -0.25) is 0 Å². The van der Waals surface area contributed by atoms with Crippen molar-refractivity contribution in [2.45, 2.75) is 44.3 Å². The van der Waals surface area contributed by atoms with Gasteiger partial charge in [0.25, 0.3) is 0 Å². The van der Waals surface area contributed by atoms with Crippen LogP contribution in [0.5, 0.6) is 11.5 Å². The number of carboxylic acid groups (broad SMARTS) is 2. The molecule has 1 fully saturated rings. The lowest BCUT2D eigenvalue weighted by Crippen LogP contribution is -2.29. The first-order valence-corrected chi connectivity index (χ1v) is 14.8. The van der Waals surface area contributed by atoms with Crippen molar-refractivity contribution in [2.75, 3.05) is 38.6 Å². The molecular formula is C30H38N2O7S. The Morgan fingerprint density at radius 3 is 2.15 bits per heavy atom. The van der Waals surface area contributed by atoms with E-state index in [1.807, 2.05) is 54.6 Å². The van der Waals surface area contributed by atoms with E-state index in [-0.39, 0.29) is 0 Å². The molecule has 2 N–H and O–H groups in total. The van der Waals surface area contributed by atoms with Gasteiger partial charge >= 0.3 is 11.9 Å². The van der Waals surface area contributed by atoms with Crippen LogP contribution in [0.25, 0.3) is 11.3 Å². The number of benzene rings is 2. The van der Waals surface area contributed by atoms with Gasteiger partial charge in [-0.15, -0.1) is 11.8 Å². The van der Waals surface area contributed by atoms with Crippen LogP contribution < -0.4 is 9.47 Å². The third kappa shape index (κ3) is 12.1. The highest BCUT2D eigenvalue weighted by Crippen LogP contribution is 2.25. The van der Waals surface area contributed by atoms with Crippen molar-refractivity contribution in [3.05, 3.63) is 66.7 Å². The van der Waals surface area contributed by atoms with E-state index in [4.69, 9.17) is 33.7 Å². The summed E-state index contributed by atoms with van der Waals surface area (Å²) in [5.74, 6) is 1.31. The van der Waals surface area contributed by atoms with Crippen molar-refractivity contribution in [3.8, 4) is 22.8 Å². The van der Waals surface area contributed by atoms with Crippen LogP contribution in [-0.4, -0.2) is 70.6 Å². The van der Waals surface area contributed by atoms with Crippen LogP contribution in [0.4, 0.5) is 0 Å². The molecular weight excluding hydrogens is 532 g/mol. The van der Waals surface area contributed by atoms with Crippen LogP contribution in [0.2, 0.25) is 0 Å². The highest BCUT2D eigenvalue weighted by Gasteiger charge is 2.09. The molecule has 0 atom stereocenters. The molecule has 0 unspecified atom stereocenters. The summed E-state index contributed by atoms with van der Waals surface area (Å²) in [5.41, 5.74) is 1.02. The Morgan fingerprint density at radius 2 is 1.48 bits per heavy atom. The number of ether oxygens (including phenoxy) is 2. The minimum Gasteiger partial charge on any atom is -0.494 e. The van der Waals surface area contributed by atoms with Gasteiger partial charge in [0.2, 0.25) is 5.89 Å². The Labute approximate surface area is 239 Å². The summed E-state index contributed by atoms with van der Waals surface area (Å²) in [7, 11) is 0. The Kier molecular flexibility index (Phi) is 13.9. The predicted molar refractivity (Wildman–Crippen MR) is 155 cm³/mol. The number of aliphatic carboxylic acids is 2. The molecule has 4 rings (SSSR count). The van der Waals surface area contributed by atoms with Crippen LogP contribution in [0, 0.1) is 0 Å². The van der Waals surface area contributed by atoms with Gasteiger partial charge in [-0.1, -0.05) is 37.5 Å². The van der Waals surface area contributed by atoms with Crippen LogP contribution >= 0.6 is 11.8 Å². The second-order valence-electron chi connectivity index (χ2n) is 9.28. The van der Waals surface area contributed by atoms with E-state index in [0.717, 1.165) is 59.8 Å². The summed E-state index contributed by atoms with van der Waals surface area (Å²) < 4.78 is 17.6. The molecule has 9 nitrogen and oxygen atoms in total. The predicted octanol–water partition coefficient (Wildman–Crippen LogP) is 5.84. The lowest BCUT2D eigenvalue weighted by molar-refractivity contribution is -0.159. The van der Waals surface area contributed by atoms with Gasteiger partial charge in [-0.2, -0.15) is 0 Å². The fraction of sp³-hybridized carbons (Fsp3) is 0.433. The van der Waals surface area contributed by atoms with E-state index < -0.39 is 11.9 Å². The first-order chi connectivity index (χ1) is 19.5. The molecule has 3 aromatic rings. The average Bonchev–Trinajstić information content (AvgIpc) is 3.42. The van der Waals surface area contributed by atoms with Crippen LogP contribution in [0.15, 0.2) is 65.2 Å². The SMILES string of the molecule is O=C(O)C(=O)O.c1ccc(OCCSCc2ncc(-c3ccc(OCCCN4CCCCCCC4)cc3)o2)cc1. The fourth-order valence-electron chi connectivity index (χ4n) is 4.14. The van der Waals surface area contributed by atoms with Gasteiger partial charge in [0.15, 0.2) is 5.76 Å². The molecule has 1 saturated heterocycles. The third-order valence-electron chi connectivity index (χ3n) is 6.18. The molecule has 40 heavy (non-hydrogen) atoms. The number of hydrogen-bond acceptors (Lipinski definition) is 8. The summed E-state index contributed by atoms with van der Waals surface area (Å²) in [6.07, 6.45) is 9.73. The monoisotopic (exact) mass is 570 g/mol. The zero-order valence-corrected chi connectivity index (χ0v) is 23.5. The van der Waals surface area contributed by atoms with Crippen molar-refractivity contribution in [1.82, 2.24) is 9.88 Å². The van der Waals surface area contributed by atoms with Gasteiger partial charge in [0, 0.05) is 17.9 Å². The third-order valence-corrected chi connectivity index (χ3v) is 7.08. The minimum atomic E-state index is -1.82. The number of rotatable bonds is 12. The summed E-state index contributed by atoms with van der Waals surface area (Å²) in [6.45, 7) is 5.05. The van der Waals surface area contributed by atoms with Crippen LogP contribution in [-0.2, 0) is 15.3 Å². The maximum atomic E-state index is 9.10. The number of carboxylic acids is 2. The molecule has 0 amide bonds. The molecule has 2 heterocycles. The molecule has 2 aromatic carbocycles. The van der Waals surface area contributed by atoms with Crippen LogP contribution in [0.3, 0.4) is 0 Å². The smallest absolute Gasteiger partial charge is 0.414 e. The van der Waals surface area contributed by atoms with E-state index in [9.17, 15) is 0 Å². The van der Waals surface area contributed by atoms with E-state index in [1.165, 1.54) is 45.2 Å². The van der Waals surface area contributed by atoms with Crippen molar-refractivity contribution in [2.24, 2.45) is 0 Å². The number of aromatic nitrogens is 1. The first kappa shape index (κ1) is 31.0. The normalized spacial score (nSPS) is 13.8. The molecule has 0 bridgehead atoms. The summed E-state index contributed by atoms with van der Waals surface area (Å²) in [6, 6.07) is 18.0. The fourth-order valence-corrected chi connectivity index (χ4v) is 4.79. The standard InChI is InChI=1S/C28H36N2O3S.C2H2O4/c1-2-7-16-30(17-8-3-1)18-9-19-31-26-14-12-24(13-15-26)27-22-29-28(33-27)23-34-21-20-32-25-10-5-4-6-11-25;3-1(4)2(5)6/h4-6,10-15,22H,1-3,7-9,16-21,23H2;(H,3,4)(H,5,6). The van der Waals surface area contributed by atoms with Crippen molar-refractivity contribution >= 4 is 23.7 Å². The Hall–Kier alpha value is -3.50. The van der Waals surface area contributed by atoms with E-state index >= 15 is 0 Å². The molecule has 0 saturated carbocycles. The number of hydrogen-bond donors (Lipinski definition) is 2. The summed E-state index contributed by atoms with van der Waals surface area (Å²) in [5, 5.41) is 14.8. The van der Waals surface area contributed by atoms with Crippen molar-refractivity contribution in [1.29, 1.82) is 0 Å². The number of likely N-dealkylation sites (tertiary alicyclic amines) is 1. The Balaban J connectivity index is 0.000000663. The molecule has 10 heteroatoms. The lowest BCUT2D eigenvalue weighted by atomic mass is 10.1. The van der Waals surface area contributed by atoms with Gasteiger partial charge < -0.3 is 29.0 Å². The molecule has 0 radical (unpaired) electrons. The zero-order chi connectivity index (χ0) is 28.4. The van der Waals surface area contributed by atoms with Crippen molar-refractivity contribution in [3.63, 3.8) is 0 Å². The van der Waals surface area contributed by atoms with Gasteiger partial charge in [-0.05, 0) is 68.8 Å². The van der Waals surface area contributed by atoms with Gasteiger partial charge in [0.1, 0.15) is 11.5 Å². The molecule has 0 spiro atoms. The maximum absolute atomic E-state index is 9.10. The minimum absolute atomic E-state index is 0.668. The quantitative estimate of drug-likeness (QED) is 0.203. The molecule has 1 aliphatic heterocycles. The molecule has 216 valence electrons. The number of oxazole rings is 1. The molecule has 1 aliphatic rings. The number of para-hydroxylation sites is 1. The average molecular weight is 571 g/mol. The largest absolute Gasteiger partial charge is 0.494 e. The molecule has 0 aliphatic carbocycles. The Bertz CT molecular complexity index is 1120. The summed E-state index contributed by atoms with van der Waals surface area (Å²) >= 11 is 1.76. The number of carbonyl (C=O) groups is 2.